The van der Waals surface area contributed by atoms with Crippen LogP contribution in [0.5, 0.6) is 0 Å². The van der Waals surface area contributed by atoms with Crippen LogP contribution < -0.4 is 10.2 Å². The van der Waals surface area contributed by atoms with Gasteiger partial charge >= 0.3 is 0 Å². The van der Waals surface area contributed by atoms with Gasteiger partial charge in [-0.2, -0.15) is 4.68 Å². The van der Waals surface area contributed by atoms with Gasteiger partial charge in [0, 0.05) is 29.5 Å². The van der Waals surface area contributed by atoms with E-state index >= 15 is 0 Å². The van der Waals surface area contributed by atoms with E-state index in [0.717, 1.165) is 12.2 Å². The van der Waals surface area contributed by atoms with Crippen molar-refractivity contribution in [2.24, 2.45) is 0 Å². The average Bonchev–Trinajstić information content (AvgIpc) is 3.10. The van der Waals surface area contributed by atoms with Gasteiger partial charge in [0.05, 0.1) is 0 Å². The van der Waals surface area contributed by atoms with E-state index in [1.807, 2.05) is 12.1 Å². The number of rotatable bonds is 6. The Morgan fingerprint density at radius 2 is 1.93 bits per heavy atom. The maximum Gasteiger partial charge on any atom is 0.255 e. The number of aromatic nitrogens is 4. The van der Waals surface area contributed by atoms with Crippen molar-refractivity contribution in [1.82, 2.24) is 20.2 Å². The first-order valence-corrected chi connectivity index (χ1v) is 9.13. The lowest BCUT2D eigenvalue weighted by Crippen LogP contribution is -2.30. The molecule has 1 heterocycles. The molecule has 0 fully saturated rings. The van der Waals surface area contributed by atoms with Crippen LogP contribution in [0.1, 0.15) is 37.0 Å². The normalized spacial score (nSPS) is 10.9. The molecule has 0 aliphatic heterocycles. The number of tetrazole rings is 1. The molecule has 0 bridgehead atoms. The van der Waals surface area contributed by atoms with Crippen LogP contribution in [0.15, 0.2) is 42.5 Å². The molecule has 0 saturated carbocycles. The molecule has 8 heteroatoms. The predicted octanol–water partition coefficient (Wildman–Crippen LogP) is 3.60. The van der Waals surface area contributed by atoms with Gasteiger partial charge in [-0.15, -0.1) is 5.10 Å². The zero-order chi connectivity index (χ0) is 20.3. The number of anilines is 2. The molecule has 0 aliphatic rings. The van der Waals surface area contributed by atoms with Crippen molar-refractivity contribution in [3.8, 4) is 5.69 Å². The van der Waals surface area contributed by atoms with E-state index in [-0.39, 0.29) is 11.6 Å². The third-order valence-electron chi connectivity index (χ3n) is 4.48. The van der Waals surface area contributed by atoms with Gasteiger partial charge in [0.25, 0.3) is 5.91 Å². The number of nitrogens with zero attached hydrogens (tertiary/aromatic N) is 5. The fourth-order valence-corrected chi connectivity index (χ4v) is 3.06. The van der Waals surface area contributed by atoms with E-state index in [4.69, 9.17) is 0 Å². The van der Waals surface area contributed by atoms with Crippen LogP contribution in [0.25, 0.3) is 5.69 Å². The molecule has 0 spiro atoms. The highest BCUT2D eigenvalue weighted by molar-refractivity contribution is 6.04. The summed E-state index contributed by atoms with van der Waals surface area (Å²) in [5.74, 6) is -0.306. The molecule has 0 saturated heterocycles. The molecule has 28 heavy (non-hydrogen) atoms. The molecule has 2 aromatic carbocycles. The molecule has 146 valence electrons. The third-order valence-corrected chi connectivity index (χ3v) is 4.48. The van der Waals surface area contributed by atoms with E-state index in [0.29, 0.717) is 23.1 Å². The van der Waals surface area contributed by atoms with Gasteiger partial charge in [0.1, 0.15) is 11.5 Å². The molecule has 3 rings (SSSR count). The molecule has 0 aliphatic carbocycles. The summed E-state index contributed by atoms with van der Waals surface area (Å²) in [6, 6.07) is 12.1. The minimum absolute atomic E-state index is 0.172. The van der Waals surface area contributed by atoms with Crippen molar-refractivity contribution in [3.05, 3.63) is 59.7 Å². The Morgan fingerprint density at radius 1 is 1.21 bits per heavy atom. The Balaban J connectivity index is 1.79. The second-order valence-electron chi connectivity index (χ2n) is 6.68. The minimum Gasteiger partial charge on any atom is -0.369 e. The third kappa shape index (κ3) is 4.00. The number of aryl methyl sites for hydroxylation is 1. The fourth-order valence-electron chi connectivity index (χ4n) is 3.06. The second-order valence-corrected chi connectivity index (χ2v) is 6.68. The van der Waals surface area contributed by atoms with Crippen molar-refractivity contribution in [2.45, 2.75) is 33.7 Å². The van der Waals surface area contributed by atoms with Gasteiger partial charge in [-0.25, -0.2) is 4.39 Å². The topological polar surface area (TPSA) is 75.9 Å². The summed E-state index contributed by atoms with van der Waals surface area (Å²) in [5.41, 5.74) is 2.21. The number of amides is 1. The summed E-state index contributed by atoms with van der Waals surface area (Å²) >= 11 is 0. The van der Waals surface area contributed by atoms with E-state index in [9.17, 15) is 9.18 Å². The molecular formula is C20H23FN6O. The van der Waals surface area contributed by atoms with Crippen molar-refractivity contribution in [1.29, 1.82) is 0 Å². The van der Waals surface area contributed by atoms with Crippen molar-refractivity contribution in [2.75, 3.05) is 16.8 Å². The van der Waals surface area contributed by atoms with Crippen molar-refractivity contribution < 1.29 is 9.18 Å². The van der Waals surface area contributed by atoms with Gasteiger partial charge in [-0.05, 0) is 80.6 Å². The molecule has 3 aromatic rings. The Hall–Kier alpha value is -3.29. The highest BCUT2D eigenvalue weighted by Gasteiger charge is 2.13. The van der Waals surface area contributed by atoms with Gasteiger partial charge in [0.15, 0.2) is 5.82 Å². The zero-order valence-corrected chi connectivity index (χ0v) is 16.3. The average molecular weight is 382 g/mol. The minimum atomic E-state index is -0.480. The molecule has 1 N–H and O–H groups in total. The van der Waals surface area contributed by atoms with Gasteiger partial charge in [-0.3, -0.25) is 4.79 Å². The monoisotopic (exact) mass is 382 g/mol. The number of hydrogen-bond donors (Lipinski definition) is 1. The summed E-state index contributed by atoms with van der Waals surface area (Å²) < 4.78 is 15.4. The highest BCUT2D eigenvalue weighted by Crippen LogP contribution is 2.21. The molecule has 0 unspecified atom stereocenters. The molecule has 0 radical (unpaired) electrons. The van der Waals surface area contributed by atoms with E-state index in [2.05, 4.69) is 46.5 Å². The van der Waals surface area contributed by atoms with Gasteiger partial charge in [-0.1, -0.05) is 0 Å². The largest absolute Gasteiger partial charge is 0.369 e. The number of halogens is 1. The van der Waals surface area contributed by atoms with Gasteiger partial charge in [0.2, 0.25) is 0 Å². The smallest absolute Gasteiger partial charge is 0.255 e. The highest BCUT2D eigenvalue weighted by atomic mass is 19.1. The molecule has 1 aromatic heterocycles. The van der Waals surface area contributed by atoms with Crippen LogP contribution in [-0.2, 0) is 0 Å². The quantitative estimate of drug-likeness (QED) is 0.705. The summed E-state index contributed by atoms with van der Waals surface area (Å²) in [4.78, 5) is 14.8. The number of carbonyl (C=O) groups is 1. The lowest BCUT2D eigenvalue weighted by molar-refractivity contribution is 0.102. The van der Waals surface area contributed by atoms with Crippen LogP contribution >= 0.6 is 0 Å². The van der Waals surface area contributed by atoms with E-state index < -0.39 is 5.82 Å². The van der Waals surface area contributed by atoms with Crippen molar-refractivity contribution in [3.63, 3.8) is 0 Å². The van der Waals surface area contributed by atoms with Crippen LogP contribution in [0, 0.1) is 12.7 Å². The van der Waals surface area contributed by atoms with Crippen molar-refractivity contribution >= 4 is 17.3 Å². The fraction of sp³-hybridized carbons (Fsp3) is 0.300. The Labute approximate surface area is 163 Å². The maximum absolute atomic E-state index is 14.2. The summed E-state index contributed by atoms with van der Waals surface area (Å²) in [6.45, 7) is 8.91. The summed E-state index contributed by atoms with van der Waals surface area (Å²) in [5, 5.41) is 13.8. The summed E-state index contributed by atoms with van der Waals surface area (Å²) in [6.07, 6.45) is 0. The Bertz CT molecular complexity index is 967. The van der Waals surface area contributed by atoms with Crippen LogP contribution in [0.3, 0.4) is 0 Å². The number of benzene rings is 2. The Morgan fingerprint density at radius 3 is 2.50 bits per heavy atom. The number of nitrogens with one attached hydrogen (secondary N) is 1. The molecule has 7 nitrogen and oxygen atoms in total. The van der Waals surface area contributed by atoms with Crippen LogP contribution in [0.2, 0.25) is 0 Å². The zero-order valence-electron chi connectivity index (χ0n) is 16.3. The summed E-state index contributed by atoms with van der Waals surface area (Å²) in [7, 11) is 0. The van der Waals surface area contributed by atoms with Crippen LogP contribution in [-0.4, -0.2) is 38.7 Å². The first-order chi connectivity index (χ1) is 13.4. The number of hydrogen-bond acceptors (Lipinski definition) is 5. The standard InChI is InChI=1S/C20H23FN6O/c1-5-26(13(2)3)17-9-6-15(7-10-17)20(28)22-16-8-11-18(21)19(12-16)27-14(4)23-24-25-27/h6-13H,5H2,1-4H3,(H,22,28). The first kappa shape index (κ1) is 19.5. The first-order valence-electron chi connectivity index (χ1n) is 9.13. The number of carbonyl (C=O) groups excluding carboxylic acids is 1. The SMILES string of the molecule is CCN(c1ccc(C(=O)Nc2ccc(F)c(-n3nnnc3C)c2)cc1)C(C)C. The van der Waals surface area contributed by atoms with E-state index in [1.54, 1.807) is 19.1 Å². The second kappa shape index (κ2) is 8.16. The maximum atomic E-state index is 14.2. The predicted molar refractivity (Wildman–Crippen MR) is 106 cm³/mol. The van der Waals surface area contributed by atoms with E-state index in [1.165, 1.54) is 22.9 Å². The Kier molecular flexibility index (Phi) is 5.67. The molecular weight excluding hydrogens is 359 g/mol. The lowest BCUT2D eigenvalue weighted by atomic mass is 10.1. The lowest BCUT2D eigenvalue weighted by Gasteiger charge is -2.27. The molecule has 0 atom stereocenters. The van der Waals surface area contributed by atoms with Crippen LogP contribution in [0.4, 0.5) is 15.8 Å². The molecule has 1 amide bonds. The van der Waals surface area contributed by atoms with Gasteiger partial charge < -0.3 is 10.2 Å².